The van der Waals surface area contributed by atoms with Gasteiger partial charge in [0.05, 0.1) is 0 Å². The molecule has 0 fully saturated rings. The first kappa shape index (κ1) is 12.0. The Labute approximate surface area is 91.7 Å². The van der Waals surface area contributed by atoms with Crippen LogP contribution in [0, 0.1) is 0 Å². The van der Waals surface area contributed by atoms with E-state index < -0.39 is 0 Å². The summed E-state index contributed by atoms with van der Waals surface area (Å²) in [7, 11) is 0. The lowest BCUT2D eigenvalue weighted by atomic mass is 9.99. The van der Waals surface area contributed by atoms with E-state index in [1.54, 1.807) is 6.07 Å². The van der Waals surface area contributed by atoms with Gasteiger partial charge in [-0.3, -0.25) is 4.79 Å². The van der Waals surface area contributed by atoms with Gasteiger partial charge in [-0.2, -0.15) is 0 Å². The maximum atomic E-state index is 11.1. The van der Waals surface area contributed by atoms with Gasteiger partial charge in [0, 0.05) is 11.8 Å². The van der Waals surface area contributed by atoms with Crippen molar-refractivity contribution < 1.29 is 0 Å². The summed E-state index contributed by atoms with van der Waals surface area (Å²) in [5.74, 6) is 0.468. The molecule has 0 amide bonds. The van der Waals surface area contributed by atoms with E-state index in [1.807, 2.05) is 12.1 Å². The van der Waals surface area contributed by atoms with E-state index in [9.17, 15) is 4.79 Å². The third kappa shape index (κ3) is 4.32. The van der Waals surface area contributed by atoms with Gasteiger partial charge in [0.1, 0.15) is 0 Å². The van der Waals surface area contributed by atoms with Crippen LogP contribution in [-0.2, 0) is 0 Å². The van der Waals surface area contributed by atoms with Crippen molar-refractivity contribution in [2.24, 2.45) is 0 Å². The molecule has 84 valence electrons. The van der Waals surface area contributed by atoms with E-state index in [0.29, 0.717) is 5.92 Å². The van der Waals surface area contributed by atoms with E-state index in [-0.39, 0.29) is 5.56 Å². The highest BCUT2D eigenvalue weighted by atomic mass is 16.1. The first-order valence-electron chi connectivity index (χ1n) is 5.93. The molecule has 1 unspecified atom stereocenters. The predicted molar refractivity (Wildman–Crippen MR) is 64.2 cm³/mol. The largest absolute Gasteiger partial charge is 0.326 e. The molecule has 1 heterocycles. The fourth-order valence-electron chi connectivity index (χ4n) is 1.79. The monoisotopic (exact) mass is 207 g/mol. The zero-order valence-corrected chi connectivity index (χ0v) is 9.75. The molecule has 1 aromatic heterocycles. The van der Waals surface area contributed by atoms with E-state index in [1.165, 1.54) is 32.1 Å². The molecule has 0 aliphatic carbocycles. The lowest BCUT2D eigenvalue weighted by molar-refractivity contribution is 0.571. The molecule has 1 N–H and O–H groups in total. The second-order valence-corrected chi connectivity index (χ2v) is 4.22. The van der Waals surface area contributed by atoms with Crippen molar-refractivity contribution >= 4 is 0 Å². The summed E-state index contributed by atoms with van der Waals surface area (Å²) in [6.45, 7) is 4.40. The molecule has 15 heavy (non-hydrogen) atoms. The van der Waals surface area contributed by atoms with Crippen LogP contribution in [0.4, 0.5) is 0 Å². The predicted octanol–water partition coefficient (Wildman–Crippen LogP) is 3.45. The fourth-order valence-corrected chi connectivity index (χ4v) is 1.79. The molecule has 0 aromatic carbocycles. The number of hydrogen-bond acceptors (Lipinski definition) is 1. The van der Waals surface area contributed by atoms with Crippen LogP contribution in [0.5, 0.6) is 0 Å². The van der Waals surface area contributed by atoms with Crippen molar-refractivity contribution in [3.63, 3.8) is 0 Å². The normalized spacial score (nSPS) is 12.7. The number of H-pyrrole nitrogens is 1. The summed E-state index contributed by atoms with van der Waals surface area (Å²) in [5.41, 5.74) is 1.08. The van der Waals surface area contributed by atoms with Crippen LogP contribution in [0.1, 0.15) is 57.6 Å². The highest BCUT2D eigenvalue weighted by Crippen LogP contribution is 2.18. The van der Waals surface area contributed by atoms with Gasteiger partial charge in [-0.05, 0) is 18.4 Å². The molecule has 0 aliphatic heterocycles. The van der Waals surface area contributed by atoms with E-state index in [0.717, 1.165) is 5.69 Å². The van der Waals surface area contributed by atoms with Crippen LogP contribution in [-0.4, -0.2) is 4.98 Å². The van der Waals surface area contributed by atoms with Crippen molar-refractivity contribution in [1.29, 1.82) is 0 Å². The third-order valence-corrected chi connectivity index (χ3v) is 2.81. The molecule has 1 rings (SSSR count). The maximum absolute atomic E-state index is 11.1. The van der Waals surface area contributed by atoms with E-state index in [2.05, 4.69) is 18.8 Å². The average molecular weight is 207 g/mol. The van der Waals surface area contributed by atoms with Crippen molar-refractivity contribution in [2.45, 2.75) is 51.9 Å². The molecule has 0 saturated heterocycles. The van der Waals surface area contributed by atoms with Crippen LogP contribution in [0.2, 0.25) is 0 Å². The lowest BCUT2D eigenvalue weighted by Gasteiger charge is -2.10. The number of pyridine rings is 1. The van der Waals surface area contributed by atoms with E-state index >= 15 is 0 Å². The third-order valence-electron chi connectivity index (χ3n) is 2.81. The second-order valence-electron chi connectivity index (χ2n) is 4.22. The number of hydrogen-bond donors (Lipinski definition) is 1. The molecule has 2 nitrogen and oxygen atoms in total. The Morgan fingerprint density at radius 3 is 2.73 bits per heavy atom. The van der Waals surface area contributed by atoms with Gasteiger partial charge in [-0.15, -0.1) is 0 Å². The zero-order valence-electron chi connectivity index (χ0n) is 9.75. The number of nitrogens with one attached hydrogen (secondary N) is 1. The molecule has 1 aromatic rings. The van der Waals surface area contributed by atoms with Gasteiger partial charge in [0.2, 0.25) is 5.56 Å². The standard InChI is InChI=1S/C13H21NO/c1-3-4-5-6-8-11(2)12-9-7-10-13(15)14-12/h7,9-11H,3-6,8H2,1-2H3,(H,14,15). The highest BCUT2D eigenvalue weighted by molar-refractivity contribution is 5.08. The first-order chi connectivity index (χ1) is 7.24. The molecule has 2 heteroatoms. The van der Waals surface area contributed by atoms with Gasteiger partial charge in [-0.25, -0.2) is 0 Å². The summed E-state index contributed by atoms with van der Waals surface area (Å²) < 4.78 is 0. The van der Waals surface area contributed by atoms with Crippen LogP contribution < -0.4 is 5.56 Å². The summed E-state index contributed by atoms with van der Waals surface area (Å²) in [5, 5.41) is 0. The molecule has 0 spiro atoms. The number of aromatic nitrogens is 1. The summed E-state index contributed by atoms with van der Waals surface area (Å²) in [4.78, 5) is 14.0. The lowest BCUT2D eigenvalue weighted by Crippen LogP contribution is -2.08. The Morgan fingerprint density at radius 2 is 2.07 bits per heavy atom. The summed E-state index contributed by atoms with van der Waals surface area (Å²) in [6.07, 6.45) is 6.32. The van der Waals surface area contributed by atoms with Crippen LogP contribution in [0.25, 0.3) is 0 Å². The van der Waals surface area contributed by atoms with Crippen molar-refractivity contribution in [3.8, 4) is 0 Å². The fraction of sp³-hybridized carbons (Fsp3) is 0.615. The Kier molecular flexibility index (Phi) is 5.16. The van der Waals surface area contributed by atoms with Gasteiger partial charge in [-0.1, -0.05) is 45.6 Å². The quantitative estimate of drug-likeness (QED) is 0.712. The molecular formula is C13H21NO. The smallest absolute Gasteiger partial charge is 0.248 e. The van der Waals surface area contributed by atoms with Crippen LogP contribution in [0.3, 0.4) is 0 Å². The molecule has 0 radical (unpaired) electrons. The van der Waals surface area contributed by atoms with Crippen LogP contribution >= 0.6 is 0 Å². The number of rotatable bonds is 6. The number of aromatic amines is 1. The van der Waals surface area contributed by atoms with Crippen molar-refractivity contribution in [3.05, 3.63) is 34.2 Å². The minimum atomic E-state index is 0.00732. The Balaban J connectivity index is 2.40. The topological polar surface area (TPSA) is 32.9 Å². The minimum absolute atomic E-state index is 0.00732. The molecule has 0 aliphatic rings. The Bertz CT molecular complexity index is 329. The second kappa shape index (κ2) is 6.44. The van der Waals surface area contributed by atoms with Gasteiger partial charge in [0.15, 0.2) is 0 Å². The zero-order chi connectivity index (χ0) is 11.1. The van der Waals surface area contributed by atoms with Gasteiger partial charge >= 0.3 is 0 Å². The first-order valence-corrected chi connectivity index (χ1v) is 5.93. The molecular weight excluding hydrogens is 186 g/mol. The SMILES string of the molecule is CCCCCCC(C)c1cccc(=O)[nH]1. The molecule has 0 bridgehead atoms. The van der Waals surface area contributed by atoms with Gasteiger partial charge < -0.3 is 4.98 Å². The average Bonchev–Trinajstić information content (AvgIpc) is 2.24. The number of unbranched alkanes of at least 4 members (excludes halogenated alkanes) is 3. The van der Waals surface area contributed by atoms with Gasteiger partial charge in [0.25, 0.3) is 0 Å². The summed E-state index contributed by atoms with van der Waals surface area (Å²) >= 11 is 0. The van der Waals surface area contributed by atoms with Crippen LogP contribution in [0.15, 0.2) is 23.0 Å². The highest BCUT2D eigenvalue weighted by Gasteiger charge is 2.05. The van der Waals surface area contributed by atoms with Crippen molar-refractivity contribution in [1.82, 2.24) is 4.98 Å². The molecule has 1 atom stereocenters. The molecule has 0 saturated carbocycles. The summed E-state index contributed by atoms with van der Waals surface area (Å²) in [6, 6.07) is 5.40. The maximum Gasteiger partial charge on any atom is 0.248 e. The van der Waals surface area contributed by atoms with Crippen molar-refractivity contribution in [2.75, 3.05) is 0 Å². The Morgan fingerprint density at radius 1 is 1.27 bits per heavy atom. The Hall–Kier alpha value is -1.05. The minimum Gasteiger partial charge on any atom is -0.326 e. The van der Waals surface area contributed by atoms with E-state index in [4.69, 9.17) is 0 Å².